The van der Waals surface area contributed by atoms with Gasteiger partial charge in [0, 0.05) is 32.3 Å². The van der Waals surface area contributed by atoms with Crippen LogP contribution in [0.3, 0.4) is 0 Å². The minimum atomic E-state index is -0.928. The quantitative estimate of drug-likeness (QED) is 0.745. The molecule has 8 nitrogen and oxygen atoms in total. The van der Waals surface area contributed by atoms with E-state index in [1.165, 1.54) is 0 Å². The average Bonchev–Trinajstić information content (AvgIpc) is 3.47. The summed E-state index contributed by atoms with van der Waals surface area (Å²) in [6.45, 7) is 1.17. The fraction of sp³-hybridized carbons (Fsp3) is 0.500. The van der Waals surface area contributed by atoms with E-state index in [9.17, 15) is 14.7 Å². The first-order valence-electron chi connectivity index (χ1n) is 10.3. The van der Waals surface area contributed by atoms with Crippen LogP contribution in [0.5, 0.6) is 5.75 Å². The lowest BCUT2D eigenvalue weighted by Gasteiger charge is -2.25. The Morgan fingerprint density at radius 2 is 2.03 bits per heavy atom. The normalized spacial score (nSPS) is 26.1. The molecule has 2 aliphatic rings. The van der Waals surface area contributed by atoms with Gasteiger partial charge in [0.25, 0.3) is 0 Å². The van der Waals surface area contributed by atoms with Crippen molar-refractivity contribution in [1.29, 1.82) is 0 Å². The Kier molecular flexibility index (Phi) is 5.76. The first-order chi connectivity index (χ1) is 14.4. The van der Waals surface area contributed by atoms with E-state index in [1.54, 1.807) is 16.7 Å². The zero-order valence-corrected chi connectivity index (χ0v) is 17.3. The third-order valence-electron chi connectivity index (χ3n) is 6.26. The van der Waals surface area contributed by atoms with E-state index in [0.29, 0.717) is 25.9 Å². The molecule has 0 saturated carbocycles. The highest BCUT2D eigenvalue weighted by molar-refractivity contribution is 5.88. The first kappa shape index (κ1) is 20.4. The molecular formula is C22H28N4O4. The monoisotopic (exact) mass is 412 g/mol. The third-order valence-corrected chi connectivity index (χ3v) is 6.26. The van der Waals surface area contributed by atoms with Crippen LogP contribution in [0.15, 0.2) is 36.7 Å². The number of aromatic nitrogens is 2. The van der Waals surface area contributed by atoms with Gasteiger partial charge in [-0.2, -0.15) is 5.10 Å². The zero-order chi connectivity index (χ0) is 21.3. The molecule has 1 aromatic carbocycles. The SMILES string of the molecule is COc1ccc(C[C@@H]2C[C@@H](C(=O)O)N(C(=O)[C@H]3C[C@@H](c4cnn(C)c4)CN3)C2)cc1. The van der Waals surface area contributed by atoms with Crippen LogP contribution in [0, 0.1) is 5.92 Å². The van der Waals surface area contributed by atoms with Crippen molar-refractivity contribution in [2.75, 3.05) is 20.2 Å². The van der Waals surface area contributed by atoms with Crippen LogP contribution in [0.1, 0.15) is 29.9 Å². The van der Waals surface area contributed by atoms with Gasteiger partial charge in [-0.3, -0.25) is 9.48 Å². The first-order valence-corrected chi connectivity index (χ1v) is 10.3. The highest BCUT2D eigenvalue weighted by Gasteiger charge is 2.43. The van der Waals surface area contributed by atoms with Crippen LogP contribution in [-0.2, 0) is 23.1 Å². The van der Waals surface area contributed by atoms with Crippen LogP contribution in [0.2, 0.25) is 0 Å². The Balaban J connectivity index is 1.41. The number of amides is 1. The molecule has 4 rings (SSSR count). The fourth-order valence-corrected chi connectivity index (χ4v) is 4.67. The molecule has 2 aromatic rings. The van der Waals surface area contributed by atoms with E-state index in [0.717, 1.165) is 23.3 Å². The maximum Gasteiger partial charge on any atom is 0.326 e. The van der Waals surface area contributed by atoms with E-state index in [-0.39, 0.29) is 23.8 Å². The highest BCUT2D eigenvalue weighted by atomic mass is 16.5. The van der Waals surface area contributed by atoms with Gasteiger partial charge in [0.1, 0.15) is 11.8 Å². The maximum atomic E-state index is 13.2. The molecule has 0 unspecified atom stereocenters. The lowest BCUT2D eigenvalue weighted by atomic mass is 9.97. The number of ether oxygens (including phenoxy) is 1. The molecule has 0 radical (unpaired) electrons. The Labute approximate surface area is 175 Å². The summed E-state index contributed by atoms with van der Waals surface area (Å²) in [5.41, 5.74) is 2.23. The van der Waals surface area contributed by atoms with Crippen molar-refractivity contribution in [2.24, 2.45) is 13.0 Å². The number of carboxylic acids is 1. The van der Waals surface area contributed by atoms with Gasteiger partial charge in [-0.05, 0) is 48.4 Å². The van der Waals surface area contributed by atoms with E-state index >= 15 is 0 Å². The Morgan fingerprint density at radius 1 is 1.27 bits per heavy atom. The van der Waals surface area contributed by atoms with Crippen LogP contribution >= 0.6 is 0 Å². The van der Waals surface area contributed by atoms with Gasteiger partial charge in [-0.15, -0.1) is 0 Å². The van der Waals surface area contributed by atoms with Gasteiger partial charge < -0.3 is 20.1 Å². The largest absolute Gasteiger partial charge is 0.497 e. The van der Waals surface area contributed by atoms with Crippen LogP contribution < -0.4 is 10.1 Å². The second-order valence-corrected chi connectivity index (χ2v) is 8.34. The number of carbonyl (C=O) groups excluding carboxylic acids is 1. The number of nitrogens with zero attached hydrogens (tertiary/aromatic N) is 3. The van der Waals surface area contributed by atoms with Crippen LogP contribution in [0.4, 0.5) is 0 Å². The molecule has 1 aromatic heterocycles. The maximum absolute atomic E-state index is 13.2. The van der Waals surface area contributed by atoms with Crippen LogP contribution in [-0.4, -0.2) is 63.9 Å². The standard InChI is InChI=1S/C22H28N4O4/c1-25-13-17(11-24-25)16-9-19(23-10-16)21(27)26-12-15(8-20(26)22(28)29)7-14-3-5-18(30-2)6-4-14/h3-6,11,13,15-16,19-20,23H,7-10,12H2,1-2H3,(H,28,29)/t15-,16-,19-,20+/m1/s1. The molecule has 2 aliphatic heterocycles. The third kappa shape index (κ3) is 4.18. The van der Waals surface area contributed by atoms with Gasteiger partial charge >= 0.3 is 5.97 Å². The van der Waals surface area contributed by atoms with Crippen molar-refractivity contribution in [3.63, 3.8) is 0 Å². The molecule has 2 N–H and O–H groups in total. The molecule has 0 aliphatic carbocycles. The van der Waals surface area contributed by atoms with Crippen molar-refractivity contribution < 1.29 is 19.4 Å². The van der Waals surface area contributed by atoms with Gasteiger partial charge in [0.05, 0.1) is 19.3 Å². The molecule has 30 heavy (non-hydrogen) atoms. The minimum absolute atomic E-state index is 0.106. The smallest absolute Gasteiger partial charge is 0.326 e. The van der Waals surface area contributed by atoms with Crippen molar-refractivity contribution in [3.8, 4) is 5.75 Å². The summed E-state index contributed by atoms with van der Waals surface area (Å²) in [5, 5.41) is 17.2. The van der Waals surface area contributed by atoms with Crippen molar-refractivity contribution in [3.05, 3.63) is 47.8 Å². The zero-order valence-electron chi connectivity index (χ0n) is 17.3. The van der Waals surface area contributed by atoms with Gasteiger partial charge in [-0.1, -0.05) is 12.1 Å². The number of rotatable bonds is 6. The van der Waals surface area contributed by atoms with E-state index in [4.69, 9.17) is 4.74 Å². The Morgan fingerprint density at radius 3 is 2.67 bits per heavy atom. The highest BCUT2D eigenvalue weighted by Crippen LogP contribution is 2.31. The summed E-state index contributed by atoms with van der Waals surface area (Å²) in [7, 11) is 3.50. The number of aryl methyl sites for hydroxylation is 1. The number of benzene rings is 1. The predicted molar refractivity (Wildman–Crippen MR) is 110 cm³/mol. The van der Waals surface area contributed by atoms with Gasteiger partial charge in [0.2, 0.25) is 5.91 Å². The average molecular weight is 412 g/mol. The van der Waals surface area contributed by atoms with Crippen molar-refractivity contribution in [2.45, 2.75) is 37.3 Å². The minimum Gasteiger partial charge on any atom is -0.497 e. The predicted octanol–water partition coefficient (Wildman–Crippen LogP) is 1.42. The topological polar surface area (TPSA) is 96.7 Å². The Hall–Kier alpha value is -2.87. The number of hydrogen-bond acceptors (Lipinski definition) is 5. The van der Waals surface area contributed by atoms with E-state index in [1.807, 2.05) is 43.7 Å². The summed E-state index contributed by atoms with van der Waals surface area (Å²) < 4.78 is 6.95. The Bertz CT molecular complexity index is 910. The number of aliphatic carboxylic acids is 1. The van der Waals surface area contributed by atoms with Crippen molar-refractivity contribution >= 4 is 11.9 Å². The van der Waals surface area contributed by atoms with Gasteiger partial charge in [0.15, 0.2) is 0 Å². The molecular weight excluding hydrogens is 384 g/mol. The molecule has 2 saturated heterocycles. The number of carboxylic acid groups (broad SMARTS) is 1. The number of methoxy groups -OCH3 is 1. The number of nitrogens with one attached hydrogen (secondary N) is 1. The van der Waals surface area contributed by atoms with E-state index < -0.39 is 12.0 Å². The molecule has 160 valence electrons. The molecule has 3 heterocycles. The second-order valence-electron chi connectivity index (χ2n) is 8.34. The molecule has 4 atom stereocenters. The van der Waals surface area contributed by atoms with Crippen molar-refractivity contribution in [1.82, 2.24) is 20.0 Å². The molecule has 0 bridgehead atoms. The fourth-order valence-electron chi connectivity index (χ4n) is 4.67. The summed E-state index contributed by atoms with van der Waals surface area (Å²) >= 11 is 0. The summed E-state index contributed by atoms with van der Waals surface area (Å²) in [6.07, 6.45) is 5.69. The molecule has 0 spiro atoms. The second kappa shape index (κ2) is 8.47. The summed E-state index contributed by atoms with van der Waals surface area (Å²) in [5.74, 6) is 0.0990. The van der Waals surface area contributed by atoms with Crippen LogP contribution in [0.25, 0.3) is 0 Å². The lowest BCUT2D eigenvalue weighted by molar-refractivity contribution is -0.148. The molecule has 2 fully saturated rings. The number of carbonyl (C=O) groups is 2. The number of hydrogen-bond donors (Lipinski definition) is 2. The number of likely N-dealkylation sites (tertiary alicyclic amines) is 1. The lowest BCUT2D eigenvalue weighted by Crippen LogP contribution is -2.48. The van der Waals surface area contributed by atoms with Gasteiger partial charge in [-0.25, -0.2) is 4.79 Å². The van der Waals surface area contributed by atoms with E-state index in [2.05, 4.69) is 10.4 Å². The molecule has 1 amide bonds. The molecule has 8 heteroatoms. The summed E-state index contributed by atoms with van der Waals surface area (Å²) in [6, 6.07) is 6.69. The summed E-state index contributed by atoms with van der Waals surface area (Å²) in [4.78, 5) is 26.6.